The van der Waals surface area contributed by atoms with Crippen LogP contribution in [0.25, 0.3) is 16.6 Å². The Morgan fingerprint density at radius 3 is 2.96 bits per heavy atom. The third kappa shape index (κ3) is 2.24. The second-order valence-corrected chi connectivity index (χ2v) is 8.26. The molecule has 4 heterocycles. The van der Waals surface area contributed by atoms with Crippen LogP contribution in [0.4, 0.5) is 0 Å². The van der Waals surface area contributed by atoms with E-state index >= 15 is 0 Å². The summed E-state index contributed by atoms with van der Waals surface area (Å²) in [5, 5.41) is 16.1. The molecule has 5 rings (SSSR count). The first kappa shape index (κ1) is 17.5. The van der Waals surface area contributed by atoms with Crippen LogP contribution in [0.3, 0.4) is 0 Å². The lowest BCUT2D eigenvalue weighted by Gasteiger charge is -2.53. The summed E-state index contributed by atoms with van der Waals surface area (Å²) >= 11 is 0. The maximum absolute atomic E-state index is 13.2. The first-order valence-corrected chi connectivity index (χ1v) is 10.2. The van der Waals surface area contributed by atoms with Gasteiger partial charge < -0.3 is 15.1 Å². The maximum Gasteiger partial charge on any atom is 0.273 e. The van der Waals surface area contributed by atoms with Crippen molar-refractivity contribution in [2.24, 2.45) is 10.6 Å². The number of carbonyl (C=O) groups is 1. The molecule has 2 N–H and O–H groups in total. The Labute approximate surface area is 164 Å². The van der Waals surface area contributed by atoms with E-state index < -0.39 is 0 Å². The van der Waals surface area contributed by atoms with Gasteiger partial charge in [0.1, 0.15) is 11.5 Å². The maximum atomic E-state index is 13.2. The van der Waals surface area contributed by atoms with Crippen molar-refractivity contribution < 1.29 is 10.0 Å². The number of rotatable bonds is 2. The first-order chi connectivity index (χ1) is 13.6. The number of para-hydroxylation sites is 1. The highest BCUT2D eigenvalue weighted by Gasteiger charge is 2.50. The van der Waals surface area contributed by atoms with E-state index in [1.807, 2.05) is 6.07 Å². The summed E-state index contributed by atoms with van der Waals surface area (Å²) in [6.45, 7) is 6.03. The van der Waals surface area contributed by atoms with E-state index in [1.165, 1.54) is 16.6 Å². The smallest absolute Gasteiger partial charge is 0.273 e. The second-order valence-electron chi connectivity index (χ2n) is 8.26. The Balaban J connectivity index is 1.80. The summed E-state index contributed by atoms with van der Waals surface area (Å²) in [6, 6.07) is 8.72. The molecule has 1 fully saturated rings. The molecule has 1 aromatic carbocycles. The molecule has 2 atom stereocenters. The fraction of sp³-hybridized carbons (Fsp3) is 0.455. The highest BCUT2D eigenvalue weighted by atomic mass is 16.4. The van der Waals surface area contributed by atoms with Crippen molar-refractivity contribution in [3.05, 3.63) is 41.6 Å². The van der Waals surface area contributed by atoms with Crippen LogP contribution >= 0.6 is 0 Å². The third-order valence-electron chi connectivity index (χ3n) is 6.93. The number of nitrogens with one attached hydrogen (secondary N) is 1. The molecule has 0 spiro atoms. The highest BCUT2D eigenvalue weighted by molar-refractivity contribution is 6.21. The second kappa shape index (κ2) is 6.21. The molecule has 146 valence electrons. The number of piperidine rings is 1. The zero-order valence-corrected chi connectivity index (χ0v) is 16.4. The minimum atomic E-state index is -0.215. The van der Waals surface area contributed by atoms with Crippen LogP contribution in [0.1, 0.15) is 50.4 Å². The number of oxime groups is 1. The van der Waals surface area contributed by atoms with Crippen LogP contribution in [0.5, 0.6) is 0 Å². The van der Waals surface area contributed by atoms with Gasteiger partial charge in [-0.1, -0.05) is 30.3 Å². The Hall–Kier alpha value is -2.60. The zero-order valence-electron chi connectivity index (χ0n) is 16.4. The number of nitrogens with zero attached hydrogens (tertiary/aromatic N) is 3. The van der Waals surface area contributed by atoms with Crippen molar-refractivity contribution >= 4 is 28.3 Å². The Morgan fingerprint density at radius 2 is 2.18 bits per heavy atom. The van der Waals surface area contributed by atoms with Crippen LogP contribution in [0.15, 0.2) is 35.5 Å². The Bertz CT molecular complexity index is 1030. The van der Waals surface area contributed by atoms with Gasteiger partial charge in [-0.05, 0) is 56.9 Å². The molecular formula is C22H26N4O2. The van der Waals surface area contributed by atoms with E-state index in [9.17, 15) is 4.79 Å². The Kier molecular flexibility index (Phi) is 3.88. The van der Waals surface area contributed by atoms with E-state index in [0.29, 0.717) is 11.7 Å². The number of amidine groups is 1. The van der Waals surface area contributed by atoms with E-state index in [2.05, 4.69) is 51.1 Å². The standard InChI is InChI=1S/C22H26N4O2/c1-3-22-10-6-11-25-12-9-16-15-7-4-5-8-17(15)26(19(16)20(22)25)18(13-22)21(27)23-14(2)24-28/h4-5,7-8,13,20,28H,3,6,9-12H2,1-2H3,(H,23,24,27)/t20-,22+/m1/s1. The predicted molar refractivity (Wildman–Crippen MR) is 109 cm³/mol. The topological polar surface area (TPSA) is 69.9 Å². The fourth-order valence-corrected chi connectivity index (χ4v) is 5.70. The summed E-state index contributed by atoms with van der Waals surface area (Å²) in [4.78, 5) is 15.8. The lowest BCUT2D eigenvalue weighted by atomic mass is 9.66. The molecule has 0 radical (unpaired) electrons. The van der Waals surface area contributed by atoms with E-state index in [1.54, 1.807) is 6.92 Å². The molecule has 3 aliphatic heterocycles. The molecule has 1 saturated heterocycles. The average molecular weight is 378 g/mol. The van der Waals surface area contributed by atoms with Crippen LogP contribution in [0.2, 0.25) is 0 Å². The van der Waals surface area contributed by atoms with Gasteiger partial charge in [0.05, 0.1) is 11.6 Å². The molecule has 0 unspecified atom stereocenters. The zero-order chi connectivity index (χ0) is 19.5. The summed E-state index contributed by atoms with van der Waals surface area (Å²) in [5.41, 5.74) is 4.39. The lowest BCUT2D eigenvalue weighted by Crippen LogP contribution is -2.51. The van der Waals surface area contributed by atoms with Crippen LogP contribution in [0, 0.1) is 5.41 Å². The molecule has 2 aromatic rings. The van der Waals surface area contributed by atoms with Gasteiger partial charge in [0.15, 0.2) is 0 Å². The van der Waals surface area contributed by atoms with Gasteiger partial charge in [-0.2, -0.15) is 0 Å². The normalized spacial score (nSPS) is 26.7. The quantitative estimate of drug-likeness (QED) is 0.364. The van der Waals surface area contributed by atoms with Crippen molar-refractivity contribution in [2.75, 3.05) is 13.1 Å². The van der Waals surface area contributed by atoms with Crippen molar-refractivity contribution in [1.29, 1.82) is 0 Å². The number of carbonyl (C=O) groups excluding carboxylic acids is 1. The number of hydrogen-bond donors (Lipinski definition) is 2. The van der Waals surface area contributed by atoms with Gasteiger partial charge >= 0.3 is 0 Å². The van der Waals surface area contributed by atoms with E-state index in [0.717, 1.165) is 44.3 Å². The van der Waals surface area contributed by atoms with Gasteiger partial charge in [0.25, 0.3) is 5.91 Å². The van der Waals surface area contributed by atoms with Crippen molar-refractivity contribution in [1.82, 2.24) is 14.8 Å². The fourth-order valence-electron chi connectivity index (χ4n) is 5.70. The molecule has 1 aromatic heterocycles. The lowest BCUT2D eigenvalue weighted by molar-refractivity contribution is -0.114. The van der Waals surface area contributed by atoms with Crippen LogP contribution in [-0.2, 0) is 11.2 Å². The minimum Gasteiger partial charge on any atom is -0.409 e. The van der Waals surface area contributed by atoms with Gasteiger partial charge in [-0.25, -0.2) is 0 Å². The molecule has 0 saturated carbocycles. The molecule has 3 aliphatic rings. The van der Waals surface area contributed by atoms with E-state index in [-0.39, 0.29) is 17.2 Å². The van der Waals surface area contributed by atoms with E-state index in [4.69, 9.17) is 5.21 Å². The highest BCUT2D eigenvalue weighted by Crippen LogP contribution is 2.56. The molecule has 6 nitrogen and oxygen atoms in total. The van der Waals surface area contributed by atoms with Gasteiger partial charge in [0, 0.05) is 23.0 Å². The molecular weight excluding hydrogens is 352 g/mol. The third-order valence-corrected chi connectivity index (χ3v) is 6.93. The minimum absolute atomic E-state index is 0.0330. The van der Waals surface area contributed by atoms with Crippen molar-refractivity contribution in [3.8, 4) is 0 Å². The first-order valence-electron chi connectivity index (χ1n) is 10.2. The number of hydrogen-bond acceptors (Lipinski definition) is 4. The number of fused-ring (bicyclic) bond motifs is 3. The monoisotopic (exact) mass is 378 g/mol. The molecule has 0 bridgehead atoms. The molecule has 0 aliphatic carbocycles. The summed E-state index contributed by atoms with van der Waals surface area (Å²) in [6.07, 6.45) is 6.47. The number of benzene rings is 1. The van der Waals surface area contributed by atoms with Gasteiger partial charge in [-0.3, -0.25) is 9.69 Å². The van der Waals surface area contributed by atoms with Crippen LogP contribution < -0.4 is 5.32 Å². The predicted octanol–water partition coefficient (Wildman–Crippen LogP) is 3.51. The summed E-state index contributed by atoms with van der Waals surface area (Å²) < 4.78 is 2.17. The SMILES string of the molecule is CC[C@@]12C=C(C(=O)N/C(C)=N\O)n3c4c(c5ccccc53)CCN(CCC1)[C@H]42. The number of amides is 1. The molecule has 6 heteroatoms. The Morgan fingerprint density at radius 1 is 1.36 bits per heavy atom. The average Bonchev–Trinajstić information content (AvgIpc) is 3.07. The summed E-state index contributed by atoms with van der Waals surface area (Å²) in [7, 11) is 0. The van der Waals surface area contributed by atoms with Gasteiger partial charge in [-0.15, -0.1) is 0 Å². The number of aromatic nitrogens is 1. The van der Waals surface area contributed by atoms with Gasteiger partial charge in [0.2, 0.25) is 0 Å². The van der Waals surface area contributed by atoms with Crippen LogP contribution in [-0.4, -0.2) is 39.5 Å². The summed E-state index contributed by atoms with van der Waals surface area (Å²) in [5.74, 6) is -0.0120. The molecule has 1 amide bonds. The molecule has 28 heavy (non-hydrogen) atoms. The van der Waals surface area contributed by atoms with Crippen molar-refractivity contribution in [3.63, 3.8) is 0 Å². The van der Waals surface area contributed by atoms with Crippen molar-refractivity contribution in [2.45, 2.75) is 45.6 Å². The largest absolute Gasteiger partial charge is 0.409 e.